The van der Waals surface area contributed by atoms with Gasteiger partial charge in [-0.25, -0.2) is 0 Å². The summed E-state index contributed by atoms with van der Waals surface area (Å²) in [6.45, 7) is 1.93. The van der Waals surface area contributed by atoms with Crippen molar-refractivity contribution in [3.05, 3.63) is 34.3 Å². The molecule has 2 rings (SSSR count). The standard InChI is InChI=1S/C14H18ClNO/c1-10-4-5-11(8-12(10)15)13(17)9-14(16)6-2-3-7-14/h4-5,8H,2-3,6-7,9,16H2,1H3. The third kappa shape index (κ3) is 2.88. The van der Waals surface area contributed by atoms with Crippen molar-refractivity contribution < 1.29 is 4.79 Å². The molecule has 2 N–H and O–H groups in total. The molecule has 1 aliphatic carbocycles. The van der Waals surface area contributed by atoms with Gasteiger partial charge >= 0.3 is 0 Å². The highest BCUT2D eigenvalue weighted by Crippen LogP contribution is 2.31. The molecule has 1 fully saturated rings. The van der Waals surface area contributed by atoms with Crippen LogP contribution in [0.4, 0.5) is 0 Å². The fourth-order valence-electron chi connectivity index (χ4n) is 2.44. The molecule has 17 heavy (non-hydrogen) atoms. The normalized spacial score (nSPS) is 18.3. The Morgan fingerprint density at radius 1 is 1.41 bits per heavy atom. The van der Waals surface area contributed by atoms with Crippen molar-refractivity contribution in [1.29, 1.82) is 0 Å². The van der Waals surface area contributed by atoms with Crippen molar-refractivity contribution in [1.82, 2.24) is 0 Å². The van der Waals surface area contributed by atoms with Gasteiger partial charge in [0.15, 0.2) is 5.78 Å². The van der Waals surface area contributed by atoms with Crippen molar-refractivity contribution in [2.24, 2.45) is 5.73 Å². The number of nitrogens with two attached hydrogens (primary N) is 1. The van der Waals surface area contributed by atoms with Crippen LogP contribution in [0.3, 0.4) is 0 Å². The van der Waals surface area contributed by atoms with Crippen molar-refractivity contribution in [3.63, 3.8) is 0 Å². The van der Waals surface area contributed by atoms with E-state index in [-0.39, 0.29) is 11.3 Å². The molecule has 1 saturated carbocycles. The van der Waals surface area contributed by atoms with Gasteiger partial charge in [0.2, 0.25) is 0 Å². The second-order valence-electron chi connectivity index (χ2n) is 5.13. The molecule has 1 aromatic rings. The van der Waals surface area contributed by atoms with Gasteiger partial charge in [0.1, 0.15) is 0 Å². The minimum absolute atomic E-state index is 0.108. The van der Waals surface area contributed by atoms with E-state index in [9.17, 15) is 4.79 Å². The zero-order valence-electron chi connectivity index (χ0n) is 10.1. The van der Waals surface area contributed by atoms with Gasteiger partial charge in [0.25, 0.3) is 0 Å². The van der Waals surface area contributed by atoms with Crippen LogP contribution in [0.1, 0.15) is 48.0 Å². The number of ketones is 1. The number of rotatable bonds is 3. The molecule has 0 spiro atoms. The Morgan fingerprint density at radius 2 is 2.06 bits per heavy atom. The lowest BCUT2D eigenvalue weighted by atomic mass is 9.90. The maximum absolute atomic E-state index is 12.1. The number of hydrogen-bond donors (Lipinski definition) is 1. The molecular formula is C14H18ClNO. The van der Waals surface area contributed by atoms with Crippen LogP contribution in [0, 0.1) is 6.92 Å². The molecular weight excluding hydrogens is 234 g/mol. The minimum atomic E-state index is -0.283. The molecule has 3 heteroatoms. The lowest BCUT2D eigenvalue weighted by molar-refractivity contribution is 0.0952. The van der Waals surface area contributed by atoms with Crippen LogP contribution >= 0.6 is 11.6 Å². The van der Waals surface area contributed by atoms with Gasteiger partial charge in [-0.1, -0.05) is 36.6 Å². The number of halogens is 1. The van der Waals surface area contributed by atoms with Crippen molar-refractivity contribution in [2.45, 2.75) is 44.6 Å². The van der Waals surface area contributed by atoms with Gasteiger partial charge in [0, 0.05) is 22.5 Å². The molecule has 1 aliphatic rings. The third-order valence-corrected chi connectivity index (χ3v) is 4.01. The Bertz CT molecular complexity index is 436. The van der Waals surface area contributed by atoms with Crippen LogP contribution in [-0.2, 0) is 0 Å². The summed E-state index contributed by atoms with van der Waals surface area (Å²) in [7, 11) is 0. The summed E-state index contributed by atoms with van der Waals surface area (Å²) in [6, 6.07) is 5.47. The zero-order valence-corrected chi connectivity index (χ0v) is 10.9. The smallest absolute Gasteiger partial charge is 0.164 e. The fraction of sp³-hybridized carbons (Fsp3) is 0.500. The highest BCUT2D eigenvalue weighted by atomic mass is 35.5. The first-order valence-electron chi connectivity index (χ1n) is 6.08. The highest BCUT2D eigenvalue weighted by molar-refractivity contribution is 6.31. The Labute approximate surface area is 107 Å². The molecule has 2 nitrogen and oxygen atoms in total. The molecule has 0 radical (unpaired) electrons. The van der Waals surface area contributed by atoms with Gasteiger partial charge in [-0.2, -0.15) is 0 Å². The van der Waals surface area contributed by atoms with Gasteiger partial charge in [-0.05, 0) is 31.4 Å². The topological polar surface area (TPSA) is 43.1 Å². The molecule has 0 unspecified atom stereocenters. The first-order valence-corrected chi connectivity index (χ1v) is 6.46. The Balaban J connectivity index is 2.11. The zero-order chi connectivity index (χ0) is 12.5. The van der Waals surface area contributed by atoms with Gasteiger partial charge in [0.05, 0.1) is 0 Å². The van der Waals surface area contributed by atoms with E-state index >= 15 is 0 Å². The number of carbonyl (C=O) groups is 1. The van der Waals surface area contributed by atoms with Crippen LogP contribution in [0.5, 0.6) is 0 Å². The summed E-state index contributed by atoms with van der Waals surface area (Å²) < 4.78 is 0. The second-order valence-corrected chi connectivity index (χ2v) is 5.54. The van der Waals surface area contributed by atoms with Crippen LogP contribution in [0.2, 0.25) is 5.02 Å². The third-order valence-electron chi connectivity index (χ3n) is 3.61. The summed E-state index contributed by atoms with van der Waals surface area (Å²) in [5.74, 6) is 0.108. The van der Waals surface area contributed by atoms with E-state index in [2.05, 4.69) is 0 Å². The summed E-state index contributed by atoms with van der Waals surface area (Å²) in [4.78, 5) is 12.1. The lowest BCUT2D eigenvalue weighted by Crippen LogP contribution is -2.38. The fourth-order valence-corrected chi connectivity index (χ4v) is 2.62. The molecule has 0 heterocycles. The van der Waals surface area contributed by atoms with Crippen LogP contribution in [0.25, 0.3) is 0 Å². The summed E-state index contributed by atoms with van der Waals surface area (Å²) >= 11 is 6.03. The van der Waals surface area contributed by atoms with E-state index in [4.69, 9.17) is 17.3 Å². The first-order chi connectivity index (χ1) is 8.00. The quantitative estimate of drug-likeness (QED) is 0.836. The predicted molar refractivity (Wildman–Crippen MR) is 70.5 cm³/mol. The van der Waals surface area contributed by atoms with Gasteiger partial charge in [-0.3, -0.25) is 4.79 Å². The molecule has 0 bridgehead atoms. The Morgan fingerprint density at radius 3 is 2.65 bits per heavy atom. The van der Waals surface area contributed by atoms with Gasteiger partial charge < -0.3 is 5.73 Å². The molecule has 92 valence electrons. The minimum Gasteiger partial charge on any atom is -0.325 e. The van der Waals surface area contributed by atoms with Gasteiger partial charge in [-0.15, -0.1) is 0 Å². The number of aryl methyl sites for hydroxylation is 1. The lowest BCUT2D eigenvalue weighted by Gasteiger charge is -2.22. The summed E-state index contributed by atoms with van der Waals surface area (Å²) in [5, 5.41) is 0.647. The molecule has 0 saturated heterocycles. The van der Waals surface area contributed by atoms with E-state index in [1.54, 1.807) is 6.07 Å². The van der Waals surface area contributed by atoms with Crippen LogP contribution < -0.4 is 5.73 Å². The average Bonchev–Trinajstić information content (AvgIpc) is 2.69. The number of hydrogen-bond acceptors (Lipinski definition) is 2. The van der Waals surface area contributed by atoms with E-state index in [1.165, 1.54) is 0 Å². The number of carbonyl (C=O) groups excluding carboxylic acids is 1. The largest absolute Gasteiger partial charge is 0.325 e. The van der Waals surface area contributed by atoms with E-state index < -0.39 is 0 Å². The SMILES string of the molecule is Cc1ccc(C(=O)CC2(N)CCCC2)cc1Cl. The molecule has 0 amide bonds. The number of Topliss-reactive ketones (excluding diaryl/α,β-unsaturated/α-hetero) is 1. The molecule has 0 aliphatic heterocycles. The van der Waals surface area contributed by atoms with Crippen molar-refractivity contribution >= 4 is 17.4 Å². The molecule has 0 aromatic heterocycles. The average molecular weight is 252 g/mol. The van der Waals surface area contributed by atoms with E-state index in [1.807, 2.05) is 19.1 Å². The first kappa shape index (κ1) is 12.6. The van der Waals surface area contributed by atoms with Crippen LogP contribution in [0.15, 0.2) is 18.2 Å². The maximum atomic E-state index is 12.1. The summed E-state index contributed by atoms with van der Waals surface area (Å²) in [5.41, 5.74) is 7.60. The monoisotopic (exact) mass is 251 g/mol. The maximum Gasteiger partial charge on any atom is 0.164 e. The molecule has 0 atom stereocenters. The predicted octanol–water partition coefficient (Wildman–Crippen LogP) is 3.49. The van der Waals surface area contributed by atoms with E-state index in [0.29, 0.717) is 17.0 Å². The van der Waals surface area contributed by atoms with E-state index in [0.717, 1.165) is 31.2 Å². The Kier molecular flexibility index (Phi) is 3.55. The van der Waals surface area contributed by atoms with Crippen molar-refractivity contribution in [2.75, 3.05) is 0 Å². The number of benzene rings is 1. The Hall–Kier alpha value is -0.860. The van der Waals surface area contributed by atoms with Crippen molar-refractivity contribution in [3.8, 4) is 0 Å². The highest BCUT2D eigenvalue weighted by Gasteiger charge is 2.31. The second kappa shape index (κ2) is 4.79. The van der Waals surface area contributed by atoms with Crippen LogP contribution in [-0.4, -0.2) is 11.3 Å². The molecule has 1 aromatic carbocycles. The summed E-state index contributed by atoms with van der Waals surface area (Å²) in [6.07, 6.45) is 4.62.